The number of benzene rings is 11. The monoisotopic (exact) mass is 814 g/mol. The molecule has 0 N–H and O–H groups in total. The van der Waals surface area contributed by atoms with Crippen molar-refractivity contribution in [2.24, 2.45) is 0 Å². The lowest BCUT2D eigenvalue weighted by atomic mass is 9.94. The summed E-state index contributed by atoms with van der Waals surface area (Å²) in [6, 6.07) is 92.5. The Balaban J connectivity index is 0.904. The van der Waals surface area contributed by atoms with Crippen LogP contribution in [0.15, 0.2) is 255 Å². The predicted octanol–water partition coefficient (Wildman–Crippen LogP) is 17.2. The van der Waals surface area contributed by atoms with Gasteiger partial charge in [0.1, 0.15) is 0 Å². The van der Waals surface area contributed by atoms with Gasteiger partial charge in [-0.25, -0.2) is 0 Å². The molecule has 0 radical (unpaired) electrons. The highest BCUT2D eigenvalue weighted by molar-refractivity contribution is 6.24. The van der Waals surface area contributed by atoms with E-state index in [9.17, 15) is 0 Å². The van der Waals surface area contributed by atoms with E-state index >= 15 is 0 Å². The van der Waals surface area contributed by atoms with E-state index in [1.807, 2.05) is 0 Å². The molecule has 0 spiro atoms. The molecule has 2 heteroatoms. The molecule has 0 atom stereocenters. The Morgan fingerprint density at radius 3 is 1.34 bits per heavy atom. The summed E-state index contributed by atoms with van der Waals surface area (Å²) in [6.45, 7) is 0. The first-order chi connectivity index (χ1) is 31.7. The molecule has 0 aliphatic carbocycles. The highest BCUT2D eigenvalue weighted by Crippen LogP contribution is 2.42. The van der Waals surface area contributed by atoms with E-state index < -0.39 is 0 Å². The van der Waals surface area contributed by atoms with Crippen LogP contribution in [0.25, 0.3) is 93.5 Å². The minimum Gasteiger partial charge on any atom is -0.311 e. The smallest absolute Gasteiger partial charge is 0.0547 e. The summed E-state index contributed by atoms with van der Waals surface area (Å²) in [5.41, 5.74) is 16.5. The fourth-order valence-electron chi connectivity index (χ4n) is 9.73. The van der Waals surface area contributed by atoms with Gasteiger partial charge in [-0.2, -0.15) is 0 Å². The molecular weight excluding hydrogens is 773 g/mol. The minimum atomic E-state index is 1.10. The predicted molar refractivity (Wildman–Crippen MR) is 272 cm³/mol. The number of para-hydroxylation sites is 1. The number of fused-ring (bicyclic) bond motifs is 6. The van der Waals surface area contributed by atoms with Gasteiger partial charge in [-0.15, -0.1) is 0 Å². The molecule has 0 aliphatic rings. The van der Waals surface area contributed by atoms with E-state index in [0.717, 1.165) is 22.7 Å². The van der Waals surface area contributed by atoms with Gasteiger partial charge in [0, 0.05) is 33.5 Å². The van der Waals surface area contributed by atoms with Crippen molar-refractivity contribution in [3.05, 3.63) is 255 Å². The molecule has 0 amide bonds. The van der Waals surface area contributed by atoms with Gasteiger partial charge < -0.3 is 9.47 Å². The summed E-state index contributed by atoms with van der Waals surface area (Å²) in [5, 5.41) is 7.59. The Kier molecular flexibility index (Phi) is 9.20. The molecule has 0 fully saturated rings. The van der Waals surface area contributed by atoms with Crippen LogP contribution in [-0.4, -0.2) is 4.57 Å². The summed E-state index contributed by atoms with van der Waals surface area (Å²) in [5.74, 6) is 0. The van der Waals surface area contributed by atoms with E-state index in [1.54, 1.807) is 0 Å². The molecule has 12 aromatic rings. The summed E-state index contributed by atoms with van der Waals surface area (Å²) in [6.07, 6.45) is 0. The van der Waals surface area contributed by atoms with E-state index in [0.29, 0.717) is 0 Å². The van der Waals surface area contributed by atoms with Crippen LogP contribution < -0.4 is 4.90 Å². The maximum absolute atomic E-state index is 2.42. The molecule has 2 nitrogen and oxygen atoms in total. The van der Waals surface area contributed by atoms with Gasteiger partial charge in [0.2, 0.25) is 0 Å². The first-order valence-corrected chi connectivity index (χ1v) is 22.0. The maximum atomic E-state index is 2.42. The van der Waals surface area contributed by atoms with E-state index in [-0.39, 0.29) is 0 Å². The van der Waals surface area contributed by atoms with Crippen molar-refractivity contribution < 1.29 is 0 Å². The number of rotatable bonds is 8. The molecular formula is C62H42N2. The number of nitrogens with zero attached hydrogens (tertiary/aromatic N) is 2. The Morgan fingerprint density at radius 2 is 0.703 bits per heavy atom. The van der Waals surface area contributed by atoms with Crippen molar-refractivity contribution in [2.45, 2.75) is 0 Å². The molecule has 1 aromatic heterocycles. The van der Waals surface area contributed by atoms with E-state index in [2.05, 4.69) is 264 Å². The quantitative estimate of drug-likeness (QED) is 0.148. The van der Waals surface area contributed by atoms with Gasteiger partial charge in [-0.3, -0.25) is 0 Å². The fourth-order valence-corrected chi connectivity index (χ4v) is 9.73. The molecule has 0 saturated carbocycles. The van der Waals surface area contributed by atoms with Crippen LogP contribution in [0.5, 0.6) is 0 Å². The largest absolute Gasteiger partial charge is 0.311 e. The summed E-state index contributed by atoms with van der Waals surface area (Å²) in [4.78, 5) is 2.35. The second-order valence-electron chi connectivity index (χ2n) is 16.5. The molecule has 0 aliphatic heterocycles. The van der Waals surface area contributed by atoms with Crippen molar-refractivity contribution in [3.8, 4) is 50.2 Å². The summed E-state index contributed by atoms with van der Waals surface area (Å²) < 4.78 is 2.42. The highest BCUT2D eigenvalue weighted by atomic mass is 15.1. The molecule has 12 rings (SSSR count). The van der Waals surface area contributed by atoms with Crippen LogP contribution >= 0.6 is 0 Å². The van der Waals surface area contributed by atoms with Crippen LogP contribution in [-0.2, 0) is 0 Å². The van der Waals surface area contributed by atoms with Crippen LogP contribution in [0.3, 0.4) is 0 Å². The third-order valence-corrected chi connectivity index (χ3v) is 12.8. The Labute approximate surface area is 373 Å². The van der Waals surface area contributed by atoms with Gasteiger partial charge in [-0.05, 0) is 127 Å². The van der Waals surface area contributed by atoms with Gasteiger partial charge in [-0.1, -0.05) is 194 Å². The van der Waals surface area contributed by atoms with Crippen LogP contribution in [0.2, 0.25) is 0 Å². The number of anilines is 3. The summed E-state index contributed by atoms with van der Waals surface area (Å²) in [7, 11) is 0. The second-order valence-corrected chi connectivity index (χ2v) is 16.5. The van der Waals surface area contributed by atoms with Gasteiger partial charge >= 0.3 is 0 Å². The van der Waals surface area contributed by atoms with Crippen molar-refractivity contribution >= 4 is 60.4 Å². The van der Waals surface area contributed by atoms with Crippen molar-refractivity contribution in [3.63, 3.8) is 0 Å². The molecule has 0 saturated heterocycles. The van der Waals surface area contributed by atoms with Gasteiger partial charge in [0.15, 0.2) is 0 Å². The first kappa shape index (κ1) is 37.3. The van der Waals surface area contributed by atoms with Crippen molar-refractivity contribution in [1.82, 2.24) is 4.57 Å². The number of hydrogen-bond acceptors (Lipinski definition) is 1. The van der Waals surface area contributed by atoms with Gasteiger partial charge in [0.05, 0.1) is 11.0 Å². The molecule has 0 bridgehead atoms. The first-order valence-electron chi connectivity index (χ1n) is 22.0. The van der Waals surface area contributed by atoms with Crippen LogP contribution in [0.1, 0.15) is 0 Å². The van der Waals surface area contributed by atoms with Crippen LogP contribution in [0.4, 0.5) is 17.1 Å². The zero-order valence-corrected chi connectivity index (χ0v) is 35.1. The van der Waals surface area contributed by atoms with Gasteiger partial charge in [0.25, 0.3) is 0 Å². The Morgan fingerprint density at radius 1 is 0.250 bits per heavy atom. The third kappa shape index (κ3) is 6.52. The van der Waals surface area contributed by atoms with Crippen molar-refractivity contribution in [1.29, 1.82) is 0 Å². The van der Waals surface area contributed by atoms with E-state index in [1.165, 1.54) is 87.9 Å². The zero-order chi connectivity index (χ0) is 42.4. The molecule has 64 heavy (non-hydrogen) atoms. The standard InChI is InChI=1S/C62H42N2/c1-3-13-43(14-4-1)44-25-34-51(35-26-44)63(53-40-31-49(32-41-53)56-22-11-18-47-17-7-8-20-55(47)56)52-36-27-45(28-37-52)46-29-38-54(39-30-46)64-59-24-10-9-21-58(59)62-60(64)42-33-50-19-12-23-57(61(50)62)48-15-5-2-6-16-48/h1-42H. The zero-order valence-electron chi connectivity index (χ0n) is 35.1. The Hall–Kier alpha value is -8.46. The minimum absolute atomic E-state index is 1.10. The molecule has 11 aromatic carbocycles. The normalized spacial score (nSPS) is 11.4. The second kappa shape index (κ2) is 15.8. The average Bonchev–Trinajstić information content (AvgIpc) is 3.72. The Bertz CT molecular complexity index is 3600. The highest BCUT2D eigenvalue weighted by Gasteiger charge is 2.18. The molecule has 300 valence electrons. The average molecular weight is 815 g/mol. The lowest BCUT2D eigenvalue weighted by Gasteiger charge is -2.26. The summed E-state index contributed by atoms with van der Waals surface area (Å²) >= 11 is 0. The lowest BCUT2D eigenvalue weighted by Crippen LogP contribution is -2.09. The van der Waals surface area contributed by atoms with Crippen molar-refractivity contribution in [2.75, 3.05) is 4.90 Å². The maximum Gasteiger partial charge on any atom is 0.0547 e. The SMILES string of the molecule is c1ccc(-c2ccc(N(c3ccc(-c4ccc(-n5c6ccccc6c6c7c(-c8ccccc8)cccc7ccc65)cc4)cc3)c3ccc(-c4cccc5ccccc45)cc3)cc2)cc1. The van der Waals surface area contributed by atoms with E-state index in [4.69, 9.17) is 0 Å². The molecule has 1 heterocycles. The number of aromatic nitrogens is 1. The molecule has 0 unspecified atom stereocenters. The topological polar surface area (TPSA) is 8.17 Å². The fraction of sp³-hybridized carbons (Fsp3) is 0. The third-order valence-electron chi connectivity index (χ3n) is 12.8. The number of hydrogen-bond donors (Lipinski definition) is 0. The van der Waals surface area contributed by atoms with Crippen LogP contribution in [0, 0.1) is 0 Å². The lowest BCUT2D eigenvalue weighted by molar-refractivity contribution is 1.18.